The van der Waals surface area contributed by atoms with E-state index in [-0.39, 0.29) is 34.7 Å². The van der Waals surface area contributed by atoms with Gasteiger partial charge in [0.05, 0.1) is 12.2 Å². The molecule has 8 atom stereocenters. The zero-order valence-electron chi connectivity index (χ0n) is 13.9. The Hall–Kier alpha value is -0.410. The summed E-state index contributed by atoms with van der Waals surface area (Å²) in [5.74, 6) is 1.46. The van der Waals surface area contributed by atoms with E-state index in [2.05, 4.69) is 13.8 Å². The summed E-state index contributed by atoms with van der Waals surface area (Å²) >= 11 is 0. The number of Topliss-reactive ketones (excluding diaryl/α,β-unsaturated/α-hetero) is 1. The third-order valence-electron chi connectivity index (χ3n) is 8.25. The molecule has 0 aromatic heterocycles. The monoisotopic (exact) mass is 306 g/mol. The molecule has 0 aliphatic heterocycles. The van der Waals surface area contributed by atoms with Crippen LogP contribution in [-0.2, 0) is 4.79 Å². The van der Waals surface area contributed by atoms with Gasteiger partial charge in [-0.3, -0.25) is 4.79 Å². The second-order valence-corrected chi connectivity index (χ2v) is 9.11. The van der Waals surface area contributed by atoms with E-state index < -0.39 is 6.10 Å². The highest BCUT2D eigenvalue weighted by molar-refractivity contribution is 5.87. The molecule has 4 rings (SSSR count). The predicted molar refractivity (Wildman–Crippen MR) is 84.1 cm³/mol. The smallest absolute Gasteiger partial charge is 0.139 e. The van der Waals surface area contributed by atoms with Crippen molar-refractivity contribution in [1.82, 2.24) is 0 Å². The van der Waals surface area contributed by atoms with Crippen LogP contribution in [0.1, 0.15) is 65.2 Å². The highest BCUT2D eigenvalue weighted by Crippen LogP contribution is 2.65. The lowest BCUT2D eigenvalue weighted by Crippen LogP contribution is -2.62. The average molecular weight is 306 g/mol. The van der Waals surface area contributed by atoms with Gasteiger partial charge in [0.15, 0.2) is 0 Å². The van der Waals surface area contributed by atoms with Gasteiger partial charge in [-0.2, -0.15) is 0 Å². The zero-order chi connectivity index (χ0) is 15.7. The van der Waals surface area contributed by atoms with Crippen molar-refractivity contribution in [1.29, 1.82) is 0 Å². The van der Waals surface area contributed by atoms with Gasteiger partial charge in [-0.15, -0.1) is 0 Å². The number of carbonyl (C=O) groups excluding carboxylic acids is 1. The molecule has 0 aromatic rings. The summed E-state index contributed by atoms with van der Waals surface area (Å²) in [5.41, 5.74) is -0.228. The Kier molecular flexibility index (Phi) is 3.30. The molecule has 0 spiro atoms. The summed E-state index contributed by atoms with van der Waals surface area (Å²) in [7, 11) is 0. The number of ketones is 1. The second-order valence-electron chi connectivity index (χ2n) is 9.11. The SMILES string of the molecule is CC12CC(O)C3C(C(O)CC4CCCCC43C)C1CCC2=O. The number of hydrogen-bond donors (Lipinski definition) is 2. The normalized spacial score (nSPS) is 57.9. The molecular formula is C19H30O3. The molecule has 0 amide bonds. The van der Waals surface area contributed by atoms with Crippen LogP contribution in [0.3, 0.4) is 0 Å². The van der Waals surface area contributed by atoms with Crippen molar-refractivity contribution in [2.45, 2.75) is 77.4 Å². The quantitative estimate of drug-likeness (QED) is 0.723. The fourth-order valence-electron chi connectivity index (χ4n) is 7.14. The Balaban J connectivity index is 1.76. The fraction of sp³-hybridized carbons (Fsp3) is 0.947. The Bertz CT molecular complexity index is 489. The molecule has 3 heteroatoms. The van der Waals surface area contributed by atoms with Crippen molar-refractivity contribution in [3.05, 3.63) is 0 Å². The summed E-state index contributed by atoms with van der Waals surface area (Å²) in [4.78, 5) is 12.4. The summed E-state index contributed by atoms with van der Waals surface area (Å²) in [6, 6.07) is 0. The first-order chi connectivity index (χ1) is 10.4. The van der Waals surface area contributed by atoms with E-state index in [0.29, 0.717) is 24.5 Å². The van der Waals surface area contributed by atoms with E-state index in [1.807, 2.05) is 0 Å². The van der Waals surface area contributed by atoms with E-state index >= 15 is 0 Å². The number of aliphatic hydroxyl groups excluding tert-OH is 2. The minimum Gasteiger partial charge on any atom is -0.393 e. The van der Waals surface area contributed by atoms with Gasteiger partial charge in [-0.05, 0) is 61.2 Å². The van der Waals surface area contributed by atoms with E-state index in [1.54, 1.807) is 0 Å². The minimum absolute atomic E-state index is 0.125. The number of rotatable bonds is 0. The molecule has 4 fully saturated rings. The van der Waals surface area contributed by atoms with Crippen LogP contribution in [0, 0.1) is 34.5 Å². The molecule has 2 N–H and O–H groups in total. The van der Waals surface area contributed by atoms with Gasteiger partial charge in [-0.25, -0.2) is 0 Å². The molecule has 4 aliphatic rings. The Morgan fingerprint density at radius 1 is 1.09 bits per heavy atom. The van der Waals surface area contributed by atoms with Gasteiger partial charge < -0.3 is 10.2 Å². The van der Waals surface area contributed by atoms with Crippen LogP contribution in [0.2, 0.25) is 0 Å². The first-order valence-electron chi connectivity index (χ1n) is 9.27. The molecular weight excluding hydrogens is 276 g/mol. The van der Waals surface area contributed by atoms with Crippen molar-refractivity contribution >= 4 is 5.78 Å². The van der Waals surface area contributed by atoms with E-state index in [0.717, 1.165) is 12.8 Å². The van der Waals surface area contributed by atoms with Gasteiger partial charge in [0.2, 0.25) is 0 Å². The van der Waals surface area contributed by atoms with Gasteiger partial charge in [0.25, 0.3) is 0 Å². The van der Waals surface area contributed by atoms with Gasteiger partial charge in [-0.1, -0.05) is 26.7 Å². The van der Waals surface area contributed by atoms with Crippen molar-refractivity contribution in [2.75, 3.05) is 0 Å². The van der Waals surface area contributed by atoms with Crippen LogP contribution in [-0.4, -0.2) is 28.2 Å². The first-order valence-corrected chi connectivity index (χ1v) is 9.27. The molecule has 0 bridgehead atoms. The van der Waals surface area contributed by atoms with Crippen LogP contribution < -0.4 is 0 Å². The Morgan fingerprint density at radius 2 is 1.86 bits per heavy atom. The predicted octanol–water partition coefficient (Wildman–Crippen LogP) is 2.93. The van der Waals surface area contributed by atoms with E-state index in [4.69, 9.17) is 0 Å². The highest BCUT2D eigenvalue weighted by Gasteiger charge is 2.64. The zero-order valence-corrected chi connectivity index (χ0v) is 13.9. The van der Waals surface area contributed by atoms with Crippen LogP contribution in [0.15, 0.2) is 0 Å². The standard InChI is InChI=1S/C19H30O3/c1-18-8-4-3-5-11(18)9-13(20)16-12-6-7-15(22)19(12,2)10-14(21)17(16)18/h11-14,16-17,20-21H,3-10H2,1-2H3. The topological polar surface area (TPSA) is 57.5 Å². The fourth-order valence-corrected chi connectivity index (χ4v) is 7.14. The van der Waals surface area contributed by atoms with Crippen molar-refractivity contribution in [2.24, 2.45) is 34.5 Å². The molecule has 8 unspecified atom stereocenters. The number of aliphatic hydroxyl groups is 2. The molecule has 22 heavy (non-hydrogen) atoms. The van der Waals surface area contributed by atoms with E-state index in [1.165, 1.54) is 25.7 Å². The molecule has 3 nitrogen and oxygen atoms in total. The maximum Gasteiger partial charge on any atom is 0.139 e. The van der Waals surface area contributed by atoms with Crippen LogP contribution in [0.25, 0.3) is 0 Å². The van der Waals surface area contributed by atoms with Crippen LogP contribution in [0.5, 0.6) is 0 Å². The molecule has 0 aromatic carbocycles. The highest BCUT2D eigenvalue weighted by atomic mass is 16.3. The molecule has 4 saturated carbocycles. The summed E-state index contributed by atoms with van der Waals surface area (Å²) < 4.78 is 0. The maximum absolute atomic E-state index is 12.4. The number of fused-ring (bicyclic) bond motifs is 5. The maximum atomic E-state index is 12.4. The molecule has 4 aliphatic carbocycles. The summed E-state index contributed by atoms with van der Waals surface area (Å²) in [6.45, 7) is 4.41. The minimum atomic E-state index is -0.422. The van der Waals surface area contributed by atoms with Crippen LogP contribution >= 0.6 is 0 Å². The molecule has 0 saturated heterocycles. The Morgan fingerprint density at radius 3 is 2.64 bits per heavy atom. The lowest BCUT2D eigenvalue weighted by atomic mass is 9.44. The van der Waals surface area contributed by atoms with Gasteiger partial charge >= 0.3 is 0 Å². The third kappa shape index (κ3) is 1.78. The average Bonchev–Trinajstić information content (AvgIpc) is 2.75. The van der Waals surface area contributed by atoms with Crippen LogP contribution in [0.4, 0.5) is 0 Å². The lowest BCUT2D eigenvalue weighted by molar-refractivity contribution is -0.200. The van der Waals surface area contributed by atoms with Gasteiger partial charge in [0.1, 0.15) is 5.78 Å². The van der Waals surface area contributed by atoms with Crippen molar-refractivity contribution in [3.8, 4) is 0 Å². The van der Waals surface area contributed by atoms with Gasteiger partial charge in [0, 0.05) is 11.8 Å². The second kappa shape index (κ2) is 4.80. The number of carbonyl (C=O) groups is 1. The molecule has 0 heterocycles. The largest absolute Gasteiger partial charge is 0.393 e. The summed E-state index contributed by atoms with van der Waals surface area (Å²) in [5, 5.41) is 21.9. The van der Waals surface area contributed by atoms with E-state index in [9.17, 15) is 15.0 Å². The first kappa shape index (κ1) is 15.1. The molecule has 124 valence electrons. The molecule has 0 radical (unpaired) electrons. The lowest BCUT2D eigenvalue weighted by Gasteiger charge is -2.62. The summed E-state index contributed by atoms with van der Waals surface area (Å²) in [6.07, 6.45) is 7.20. The van der Waals surface area contributed by atoms with Crippen molar-refractivity contribution in [3.63, 3.8) is 0 Å². The van der Waals surface area contributed by atoms with Crippen molar-refractivity contribution < 1.29 is 15.0 Å². The Labute approximate surface area is 133 Å². The third-order valence-corrected chi connectivity index (χ3v) is 8.25. The number of hydrogen-bond acceptors (Lipinski definition) is 3.